The Labute approximate surface area is 132 Å². The van der Waals surface area contributed by atoms with Crippen molar-refractivity contribution in [1.82, 2.24) is 5.32 Å². The first kappa shape index (κ1) is 16.6. The highest BCUT2D eigenvalue weighted by Gasteiger charge is 2.29. The van der Waals surface area contributed by atoms with Gasteiger partial charge in [0.15, 0.2) is 0 Å². The van der Waals surface area contributed by atoms with Gasteiger partial charge in [-0.3, -0.25) is 0 Å². The highest BCUT2D eigenvalue weighted by atomic mass is 35.5. The number of hydrogen-bond donors (Lipinski definition) is 1. The molecule has 1 saturated heterocycles. The van der Waals surface area contributed by atoms with Crippen molar-refractivity contribution in [2.45, 2.75) is 32.0 Å². The van der Waals surface area contributed by atoms with E-state index in [4.69, 9.17) is 21.1 Å². The number of halogens is 1. The van der Waals surface area contributed by atoms with Gasteiger partial charge in [-0.15, -0.1) is 0 Å². The van der Waals surface area contributed by atoms with Crippen molar-refractivity contribution in [3.8, 4) is 0 Å². The van der Waals surface area contributed by atoms with Crippen LogP contribution < -0.4 is 10.2 Å². The Morgan fingerprint density at radius 2 is 2.29 bits per heavy atom. The van der Waals surface area contributed by atoms with Crippen molar-refractivity contribution in [1.29, 1.82) is 0 Å². The number of nitrogens with one attached hydrogen (secondary N) is 1. The molecule has 0 amide bonds. The van der Waals surface area contributed by atoms with Crippen LogP contribution in [0.4, 0.5) is 5.69 Å². The van der Waals surface area contributed by atoms with E-state index in [0.717, 1.165) is 36.7 Å². The molecule has 1 aromatic rings. The first-order valence-electron chi connectivity index (χ1n) is 7.46. The minimum absolute atomic E-state index is 0.253. The zero-order chi connectivity index (χ0) is 15.2. The summed E-state index contributed by atoms with van der Waals surface area (Å²) in [5.41, 5.74) is 2.31. The molecule has 0 aliphatic carbocycles. The van der Waals surface area contributed by atoms with Crippen molar-refractivity contribution in [3.05, 3.63) is 28.8 Å². The van der Waals surface area contributed by atoms with E-state index in [9.17, 15) is 0 Å². The normalized spacial score (nSPS) is 21.7. The molecule has 5 heteroatoms. The second-order valence-corrected chi connectivity index (χ2v) is 5.86. The molecule has 1 aromatic carbocycles. The Morgan fingerprint density at radius 3 is 2.95 bits per heavy atom. The van der Waals surface area contributed by atoms with Crippen LogP contribution in [0.15, 0.2) is 18.2 Å². The van der Waals surface area contributed by atoms with Gasteiger partial charge in [-0.1, -0.05) is 17.7 Å². The van der Waals surface area contributed by atoms with E-state index >= 15 is 0 Å². The zero-order valence-electron chi connectivity index (χ0n) is 13.1. The molecule has 0 radical (unpaired) electrons. The Morgan fingerprint density at radius 1 is 1.48 bits per heavy atom. The molecule has 1 aliphatic rings. The molecule has 2 unspecified atom stereocenters. The number of rotatable bonds is 7. The molecule has 0 saturated carbocycles. The van der Waals surface area contributed by atoms with Gasteiger partial charge in [0.1, 0.15) is 0 Å². The number of methoxy groups -OCH3 is 1. The summed E-state index contributed by atoms with van der Waals surface area (Å²) in [5.74, 6) is 0. The standard InChI is InChI=1S/C16H25ClN2O2/c1-12-15(7-9-21-12)19(2)16-6-4-5-14(17)13(16)11-18-8-10-20-3/h4-6,12,15,18H,7-11H2,1-3H3. The predicted octanol–water partition coefficient (Wildman–Crippen LogP) is 2.69. The molecule has 0 spiro atoms. The van der Waals surface area contributed by atoms with E-state index in [2.05, 4.69) is 30.3 Å². The van der Waals surface area contributed by atoms with E-state index in [0.29, 0.717) is 12.6 Å². The van der Waals surface area contributed by atoms with Gasteiger partial charge in [-0.2, -0.15) is 0 Å². The summed E-state index contributed by atoms with van der Waals surface area (Å²) in [4.78, 5) is 2.30. The molecule has 21 heavy (non-hydrogen) atoms. The number of anilines is 1. The van der Waals surface area contributed by atoms with E-state index in [1.165, 1.54) is 5.69 Å². The Hall–Kier alpha value is -0.810. The molecule has 2 rings (SSSR count). The van der Waals surface area contributed by atoms with Crippen molar-refractivity contribution in [2.24, 2.45) is 0 Å². The van der Waals surface area contributed by atoms with Crippen LogP contribution in [0.2, 0.25) is 5.02 Å². The third-order valence-corrected chi connectivity index (χ3v) is 4.45. The lowest BCUT2D eigenvalue weighted by Crippen LogP contribution is -2.37. The number of nitrogens with zero attached hydrogens (tertiary/aromatic N) is 1. The van der Waals surface area contributed by atoms with E-state index in [-0.39, 0.29) is 6.10 Å². The Balaban J connectivity index is 2.12. The summed E-state index contributed by atoms with van der Waals surface area (Å²) in [6.07, 6.45) is 1.31. The second-order valence-electron chi connectivity index (χ2n) is 5.45. The maximum Gasteiger partial charge on any atom is 0.0750 e. The lowest BCUT2D eigenvalue weighted by atomic mass is 10.1. The van der Waals surface area contributed by atoms with Gasteiger partial charge < -0.3 is 19.7 Å². The van der Waals surface area contributed by atoms with Crippen LogP contribution in [0.3, 0.4) is 0 Å². The van der Waals surface area contributed by atoms with E-state index in [1.54, 1.807) is 7.11 Å². The van der Waals surface area contributed by atoms with Gasteiger partial charge in [-0.25, -0.2) is 0 Å². The molecule has 0 bridgehead atoms. The maximum atomic E-state index is 6.40. The third kappa shape index (κ3) is 4.10. The smallest absolute Gasteiger partial charge is 0.0750 e. The minimum Gasteiger partial charge on any atom is -0.383 e. The first-order valence-corrected chi connectivity index (χ1v) is 7.84. The second kappa shape index (κ2) is 7.99. The monoisotopic (exact) mass is 312 g/mol. The van der Waals surface area contributed by atoms with Crippen LogP contribution in [0.25, 0.3) is 0 Å². The zero-order valence-corrected chi connectivity index (χ0v) is 13.8. The van der Waals surface area contributed by atoms with Crippen molar-refractivity contribution < 1.29 is 9.47 Å². The molecule has 1 aliphatic heterocycles. The SMILES string of the molecule is COCCNCc1c(Cl)cccc1N(C)C1CCOC1C. The van der Waals surface area contributed by atoms with Gasteiger partial charge in [0.05, 0.1) is 18.8 Å². The predicted molar refractivity (Wildman–Crippen MR) is 87.3 cm³/mol. The molecular weight excluding hydrogens is 288 g/mol. The fraction of sp³-hybridized carbons (Fsp3) is 0.625. The number of hydrogen-bond acceptors (Lipinski definition) is 4. The fourth-order valence-electron chi connectivity index (χ4n) is 2.85. The van der Waals surface area contributed by atoms with Crippen LogP contribution in [0, 0.1) is 0 Å². The van der Waals surface area contributed by atoms with E-state index < -0.39 is 0 Å². The molecule has 2 atom stereocenters. The Bertz CT molecular complexity index is 456. The molecule has 1 N–H and O–H groups in total. The van der Waals surface area contributed by atoms with Crippen LogP contribution in [-0.2, 0) is 16.0 Å². The van der Waals surface area contributed by atoms with Crippen molar-refractivity contribution in [2.75, 3.05) is 38.8 Å². The highest BCUT2D eigenvalue weighted by molar-refractivity contribution is 6.31. The molecule has 4 nitrogen and oxygen atoms in total. The summed E-state index contributed by atoms with van der Waals surface area (Å²) in [5, 5.41) is 4.17. The maximum absolute atomic E-state index is 6.40. The third-order valence-electron chi connectivity index (χ3n) is 4.09. The van der Waals surface area contributed by atoms with Crippen molar-refractivity contribution >= 4 is 17.3 Å². The highest BCUT2D eigenvalue weighted by Crippen LogP contribution is 2.31. The Kier molecular flexibility index (Phi) is 6.30. The summed E-state index contributed by atoms with van der Waals surface area (Å²) < 4.78 is 10.7. The number of ether oxygens (including phenoxy) is 2. The van der Waals surface area contributed by atoms with E-state index in [1.807, 2.05) is 12.1 Å². The number of likely N-dealkylation sites (N-methyl/N-ethyl adjacent to an activating group) is 1. The summed E-state index contributed by atoms with van der Waals surface area (Å²) >= 11 is 6.40. The van der Waals surface area contributed by atoms with Crippen LogP contribution in [-0.4, -0.2) is 46.1 Å². The van der Waals surface area contributed by atoms with Crippen LogP contribution in [0.5, 0.6) is 0 Å². The summed E-state index contributed by atoms with van der Waals surface area (Å²) in [7, 11) is 3.83. The molecule has 0 aromatic heterocycles. The topological polar surface area (TPSA) is 33.7 Å². The van der Waals surface area contributed by atoms with Gasteiger partial charge in [0.25, 0.3) is 0 Å². The average Bonchev–Trinajstić information content (AvgIpc) is 2.90. The number of benzene rings is 1. The van der Waals surface area contributed by atoms with Crippen LogP contribution >= 0.6 is 11.6 Å². The largest absolute Gasteiger partial charge is 0.383 e. The lowest BCUT2D eigenvalue weighted by Gasteiger charge is -2.31. The fourth-order valence-corrected chi connectivity index (χ4v) is 3.08. The summed E-state index contributed by atoms with van der Waals surface area (Å²) in [6, 6.07) is 6.49. The minimum atomic E-state index is 0.253. The van der Waals surface area contributed by atoms with Gasteiger partial charge in [-0.05, 0) is 25.5 Å². The quantitative estimate of drug-likeness (QED) is 0.785. The van der Waals surface area contributed by atoms with Crippen LogP contribution in [0.1, 0.15) is 18.9 Å². The van der Waals surface area contributed by atoms with Crippen molar-refractivity contribution in [3.63, 3.8) is 0 Å². The summed E-state index contributed by atoms with van der Waals surface area (Å²) in [6.45, 7) is 5.22. The average molecular weight is 313 g/mol. The molecule has 118 valence electrons. The molecule has 1 heterocycles. The molecular formula is C16H25ClN2O2. The van der Waals surface area contributed by atoms with Gasteiger partial charge in [0.2, 0.25) is 0 Å². The van der Waals surface area contributed by atoms with Gasteiger partial charge >= 0.3 is 0 Å². The van der Waals surface area contributed by atoms with Gasteiger partial charge in [0, 0.05) is 50.1 Å². The molecule has 1 fully saturated rings. The lowest BCUT2D eigenvalue weighted by molar-refractivity contribution is 0.118. The first-order chi connectivity index (χ1) is 10.1.